The van der Waals surface area contributed by atoms with E-state index in [1.807, 2.05) is 64.2 Å². The average Bonchev–Trinajstić information content (AvgIpc) is 3.47. The van der Waals surface area contributed by atoms with Gasteiger partial charge in [0, 0.05) is 37.0 Å². The molecule has 0 unspecified atom stereocenters. The fraction of sp³-hybridized carbons (Fsp3) is 0.391. The van der Waals surface area contributed by atoms with Crippen LogP contribution in [0, 0.1) is 5.92 Å². The number of amides is 1. The molecule has 0 radical (unpaired) electrons. The van der Waals surface area contributed by atoms with Crippen LogP contribution in [0.3, 0.4) is 0 Å². The van der Waals surface area contributed by atoms with Crippen LogP contribution in [0.5, 0.6) is 5.75 Å². The number of rotatable bonds is 5. The molecular formula is C23H25N3O4. The van der Waals surface area contributed by atoms with E-state index in [4.69, 9.17) is 14.2 Å². The van der Waals surface area contributed by atoms with Crippen molar-refractivity contribution >= 4 is 11.6 Å². The summed E-state index contributed by atoms with van der Waals surface area (Å²) in [6, 6.07) is 13.3. The third-order valence-electron chi connectivity index (χ3n) is 5.74. The lowest BCUT2D eigenvalue weighted by molar-refractivity contribution is -0.0956. The number of piperidine rings is 1. The van der Waals surface area contributed by atoms with Gasteiger partial charge >= 0.3 is 0 Å². The van der Waals surface area contributed by atoms with Gasteiger partial charge in [0.15, 0.2) is 6.29 Å². The lowest BCUT2D eigenvalue weighted by Gasteiger charge is -2.33. The molecule has 1 aromatic carbocycles. The van der Waals surface area contributed by atoms with Crippen LogP contribution in [0.4, 0.5) is 0 Å². The third kappa shape index (κ3) is 4.04. The second-order valence-electron chi connectivity index (χ2n) is 7.75. The van der Waals surface area contributed by atoms with E-state index in [0.717, 1.165) is 37.3 Å². The zero-order valence-corrected chi connectivity index (χ0v) is 16.8. The smallest absolute Gasteiger partial charge is 0.253 e. The highest BCUT2D eigenvalue weighted by Gasteiger charge is 2.32. The first-order valence-corrected chi connectivity index (χ1v) is 10.4. The number of likely N-dealkylation sites (tertiary alicyclic amines) is 1. The maximum atomic E-state index is 13.0. The molecule has 0 spiro atoms. The minimum Gasteiger partial charge on any atom is -0.487 e. The van der Waals surface area contributed by atoms with Crippen molar-refractivity contribution in [2.24, 2.45) is 5.92 Å². The fourth-order valence-electron chi connectivity index (χ4n) is 4.14. The number of imidazole rings is 1. The molecule has 0 atom stereocenters. The molecule has 3 aromatic rings. The summed E-state index contributed by atoms with van der Waals surface area (Å²) in [5, 5.41) is 0. The van der Waals surface area contributed by atoms with Crippen molar-refractivity contribution in [1.29, 1.82) is 0 Å². The van der Waals surface area contributed by atoms with Gasteiger partial charge in [-0.2, -0.15) is 0 Å². The predicted octanol–water partition coefficient (Wildman–Crippen LogP) is 3.14. The van der Waals surface area contributed by atoms with Crippen LogP contribution in [0.15, 0.2) is 54.9 Å². The molecule has 1 amide bonds. The summed E-state index contributed by atoms with van der Waals surface area (Å²) in [7, 11) is 0. The molecule has 4 heterocycles. The van der Waals surface area contributed by atoms with Crippen LogP contribution in [-0.4, -0.2) is 52.8 Å². The van der Waals surface area contributed by atoms with E-state index in [9.17, 15) is 4.79 Å². The zero-order valence-electron chi connectivity index (χ0n) is 16.8. The summed E-state index contributed by atoms with van der Waals surface area (Å²) >= 11 is 0. The van der Waals surface area contributed by atoms with Gasteiger partial charge in [0.25, 0.3) is 5.91 Å². The Morgan fingerprint density at radius 2 is 1.93 bits per heavy atom. The Balaban J connectivity index is 1.19. The number of nitrogens with zero attached hydrogens (tertiary/aromatic N) is 3. The summed E-state index contributed by atoms with van der Waals surface area (Å²) in [5.74, 6) is 1.08. The highest BCUT2D eigenvalue weighted by Crippen LogP contribution is 2.27. The maximum Gasteiger partial charge on any atom is 0.253 e. The van der Waals surface area contributed by atoms with Gasteiger partial charge in [-0.05, 0) is 43.2 Å². The van der Waals surface area contributed by atoms with Crippen molar-refractivity contribution < 1.29 is 19.0 Å². The molecule has 2 aromatic heterocycles. The normalized spacial score (nSPS) is 18.2. The largest absolute Gasteiger partial charge is 0.487 e. The molecule has 5 rings (SSSR count). The number of hydrogen-bond donors (Lipinski definition) is 0. The first-order valence-electron chi connectivity index (χ1n) is 10.4. The molecule has 30 heavy (non-hydrogen) atoms. The number of aromatic nitrogens is 2. The summed E-state index contributed by atoms with van der Waals surface area (Å²) in [6.07, 6.45) is 5.62. The molecule has 7 heteroatoms. The SMILES string of the molecule is O=C(c1cccc(OCc2cn3ccccc3n2)c1)N1CCC(C2OCCO2)CC1. The van der Waals surface area contributed by atoms with E-state index in [1.54, 1.807) is 0 Å². The predicted molar refractivity (Wildman–Crippen MR) is 110 cm³/mol. The second kappa shape index (κ2) is 8.45. The number of carbonyl (C=O) groups is 1. The van der Waals surface area contributed by atoms with Gasteiger partial charge in [-0.15, -0.1) is 0 Å². The molecule has 7 nitrogen and oxygen atoms in total. The van der Waals surface area contributed by atoms with E-state index < -0.39 is 0 Å². The third-order valence-corrected chi connectivity index (χ3v) is 5.74. The molecule has 0 N–H and O–H groups in total. The Bertz CT molecular complexity index is 987. The number of hydrogen-bond acceptors (Lipinski definition) is 5. The van der Waals surface area contributed by atoms with Gasteiger partial charge in [0.05, 0.1) is 18.9 Å². The number of benzene rings is 1. The van der Waals surface area contributed by atoms with Gasteiger partial charge in [0.1, 0.15) is 18.0 Å². The van der Waals surface area contributed by atoms with Crippen molar-refractivity contribution in [1.82, 2.24) is 14.3 Å². The van der Waals surface area contributed by atoms with Crippen LogP contribution >= 0.6 is 0 Å². The Morgan fingerprint density at radius 3 is 2.73 bits per heavy atom. The van der Waals surface area contributed by atoms with E-state index in [-0.39, 0.29) is 12.2 Å². The zero-order chi connectivity index (χ0) is 20.3. The topological polar surface area (TPSA) is 65.3 Å². The Labute approximate surface area is 175 Å². The minimum atomic E-state index is -0.0985. The highest BCUT2D eigenvalue weighted by atomic mass is 16.7. The van der Waals surface area contributed by atoms with E-state index in [0.29, 0.717) is 37.1 Å². The summed E-state index contributed by atoms with van der Waals surface area (Å²) < 4.78 is 19.1. The van der Waals surface area contributed by atoms with Crippen LogP contribution in [-0.2, 0) is 16.1 Å². The average molecular weight is 407 g/mol. The van der Waals surface area contributed by atoms with Crippen molar-refractivity contribution in [3.8, 4) is 5.75 Å². The molecule has 2 saturated heterocycles. The molecular weight excluding hydrogens is 382 g/mol. The lowest BCUT2D eigenvalue weighted by Crippen LogP contribution is -2.41. The highest BCUT2D eigenvalue weighted by molar-refractivity contribution is 5.94. The molecule has 2 fully saturated rings. The van der Waals surface area contributed by atoms with Gasteiger partial charge < -0.3 is 23.5 Å². The quantitative estimate of drug-likeness (QED) is 0.650. The van der Waals surface area contributed by atoms with Gasteiger partial charge in [0.2, 0.25) is 0 Å². The summed E-state index contributed by atoms with van der Waals surface area (Å²) in [4.78, 5) is 19.4. The molecule has 0 bridgehead atoms. The minimum absolute atomic E-state index is 0.0416. The summed E-state index contributed by atoms with van der Waals surface area (Å²) in [5.41, 5.74) is 2.38. The van der Waals surface area contributed by atoms with Crippen molar-refractivity contribution in [2.75, 3.05) is 26.3 Å². The standard InChI is InChI=1S/C23H25N3O4/c27-22(25-10-7-17(8-11-25)23-28-12-13-29-23)18-4-3-5-20(14-18)30-16-19-15-26-9-2-1-6-21(26)24-19/h1-6,9,14-15,17,23H,7-8,10-13,16H2. The number of pyridine rings is 1. The van der Waals surface area contributed by atoms with Gasteiger partial charge in [-0.3, -0.25) is 4.79 Å². The fourth-order valence-corrected chi connectivity index (χ4v) is 4.14. The Morgan fingerprint density at radius 1 is 1.10 bits per heavy atom. The number of fused-ring (bicyclic) bond motifs is 1. The molecule has 156 valence electrons. The van der Waals surface area contributed by atoms with Crippen LogP contribution in [0.2, 0.25) is 0 Å². The first-order chi connectivity index (χ1) is 14.8. The van der Waals surface area contributed by atoms with E-state index >= 15 is 0 Å². The molecule has 0 saturated carbocycles. The van der Waals surface area contributed by atoms with Gasteiger partial charge in [-0.1, -0.05) is 12.1 Å². The van der Waals surface area contributed by atoms with Crippen LogP contribution in [0.25, 0.3) is 5.65 Å². The maximum absolute atomic E-state index is 13.0. The van der Waals surface area contributed by atoms with Crippen molar-refractivity contribution in [3.05, 3.63) is 66.1 Å². The Hall–Kier alpha value is -2.90. The van der Waals surface area contributed by atoms with Crippen LogP contribution < -0.4 is 4.74 Å². The van der Waals surface area contributed by atoms with Crippen LogP contribution in [0.1, 0.15) is 28.9 Å². The Kier molecular flexibility index (Phi) is 5.38. The molecule has 2 aliphatic rings. The number of ether oxygens (including phenoxy) is 3. The monoisotopic (exact) mass is 407 g/mol. The molecule has 0 aliphatic carbocycles. The first kappa shape index (κ1) is 19.1. The van der Waals surface area contributed by atoms with Crippen molar-refractivity contribution in [3.63, 3.8) is 0 Å². The molecule has 2 aliphatic heterocycles. The second-order valence-corrected chi connectivity index (χ2v) is 7.75. The summed E-state index contributed by atoms with van der Waals surface area (Å²) in [6.45, 7) is 3.14. The van der Waals surface area contributed by atoms with Gasteiger partial charge in [-0.25, -0.2) is 4.98 Å². The van der Waals surface area contributed by atoms with E-state index in [2.05, 4.69) is 4.98 Å². The number of carbonyl (C=O) groups excluding carboxylic acids is 1. The van der Waals surface area contributed by atoms with Crippen molar-refractivity contribution in [2.45, 2.75) is 25.7 Å². The lowest BCUT2D eigenvalue weighted by atomic mass is 9.95. The van der Waals surface area contributed by atoms with E-state index in [1.165, 1.54) is 0 Å².